The maximum Gasteiger partial charge on any atom is 0.288 e. The van der Waals surface area contributed by atoms with Crippen LogP contribution in [0.2, 0.25) is 5.02 Å². The first-order valence-electron chi connectivity index (χ1n) is 7.54. The first-order chi connectivity index (χ1) is 11.5. The number of hydroxylamine groups is 1. The summed E-state index contributed by atoms with van der Waals surface area (Å²) >= 11 is 11.0. The number of methoxy groups -OCH3 is 1. The zero-order valence-corrected chi connectivity index (χ0v) is 15.4. The Morgan fingerprint density at radius 1 is 1.25 bits per heavy atom. The van der Waals surface area contributed by atoms with Gasteiger partial charge in [0.05, 0.1) is 12.8 Å². The van der Waals surface area contributed by atoms with Crippen molar-refractivity contribution in [1.82, 2.24) is 0 Å². The third-order valence-corrected chi connectivity index (χ3v) is 4.23. The fourth-order valence-electron chi connectivity index (χ4n) is 2.29. The van der Waals surface area contributed by atoms with Crippen molar-refractivity contribution >= 4 is 34.7 Å². The molecule has 2 aromatic rings. The number of aryl methyl sites for hydroxylation is 2. The standard InChI is InChI=1S/C18H20ClNO3S/c1-4-13-5-8-17(12(2)9-13)23-11-14-6-7-15(19)10-16(14)20(21)18(24)22-3/h5-10,21H,4,11H2,1-3H3. The number of hydrogen-bond donors (Lipinski definition) is 1. The Labute approximate surface area is 152 Å². The van der Waals surface area contributed by atoms with Crippen molar-refractivity contribution < 1.29 is 14.7 Å². The molecule has 0 spiro atoms. The van der Waals surface area contributed by atoms with Crippen LogP contribution in [0.3, 0.4) is 0 Å². The minimum atomic E-state index is -0.0676. The maximum absolute atomic E-state index is 10.2. The second-order valence-electron chi connectivity index (χ2n) is 5.30. The van der Waals surface area contributed by atoms with E-state index in [1.807, 2.05) is 19.1 Å². The molecule has 0 aromatic heterocycles. The summed E-state index contributed by atoms with van der Waals surface area (Å²) < 4.78 is 10.8. The summed E-state index contributed by atoms with van der Waals surface area (Å²) in [6, 6.07) is 11.2. The highest BCUT2D eigenvalue weighted by Crippen LogP contribution is 2.27. The van der Waals surface area contributed by atoms with Gasteiger partial charge in [0, 0.05) is 10.6 Å². The molecule has 0 aliphatic heterocycles. The van der Waals surface area contributed by atoms with E-state index in [1.54, 1.807) is 18.2 Å². The second-order valence-corrected chi connectivity index (χ2v) is 6.08. The molecule has 0 amide bonds. The minimum absolute atomic E-state index is 0.0676. The lowest BCUT2D eigenvalue weighted by atomic mass is 10.1. The smallest absolute Gasteiger partial charge is 0.288 e. The second kappa shape index (κ2) is 8.33. The summed E-state index contributed by atoms with van der Waals surface area (Å²) in [7, 11) is 1.39. The quantitative estimate of drug-likeness (QED) is 0.602. The molecule has 128 valence electrons. The molecule has 0 atom stereocenters. The molecule has 0 saturated heterocycles. The van der Waals surface area contributed by atoms with Crippen LogP contribution in [0.15, 0.2) is 36.4 Å². The van der Waals surface area contributed by atoms with Crippen molar-refractivity contribution in [1.29, 1.82) is 0 Å². The van der Waals surface area contributed by atoms with E-state index >= 15 is 0 Å². The summed E-state index contributed by atoms with van der Waals surface area (Å²) in [4.78, 5) is 0. The SMILES string of the molecule is CCc1ccc(OCc2ccc(Cl)cc2N(O)C(=S)OC)c(C)c1. The third kappa shape index (κ3) is 4.38. The monoisotopic (exact) mass is 365 g/mol. The van der Waals surface area contributed by atoms with Crippen molar-refractivity contribution in [2.75, 3.05) is 12.2 Å². The summed E-state index contributed by atoms with van der Waals surface area (Å²) in [5.41, 5.74) is 3.49. The highest BCUT2D eigenvalue weighted by molar-refractivity contribution is 7.80. The molecule has 0 fully saturated rings. The molecule has 2 aromatic carbocycles. The molecule has 0 aliphatic carbocycles. The number of benzene rings is 2. The van der Waals surface area contributed by atoms with Gasteiger partial charge in [-0.3, -0.25) is 5.21 Å². The summed E-state index contributed by atoms with van der Waals surface area (Å²) in [6.07, 6.45) is 0.983. The number of nitrogens with zero attached hydrogens (tertiary/aromatic N) is 1. The fraction of sp³-hybridized carbons (Fsp3) is 0.278. The van der Waals surface area contributed by atoms with Gasteiger partial charge in [-0.05, 0) is 54.9 Å². The van der Waals surface area contributed by atoms with Crippen LogP contribution in [-0.4, -0.2) is 17.5 Å². The molecule has 2 rings (SSSR count). The lowest BCUT2D eigenvalue weighted by molar-refractivity contribution is 0.264. The van der Waals surface area contributed by atoms with Gasteiger partial charge in [-0.1, -0.05) is 36.7 Å². The Morgan fingerprint density at radius 2 is 2.00 bits per heavy atom. The van der Waals surface area contributed by atoms with Crippen LogP contribution < -0.4 is 9.80 Å². The average molecular weight is 366 g/mol. The van der Waals surface area contributed by atoms with Gasteiger partial charge < -0.3 is 9.47 Å². The van der Waals surface area contributed by atoms with E-state index in [0.29, 0.717) is 10.7 Å². The van der Waals surface area contributed by atoms with Gasteiger partial charge in [0.1, 0.15) is 12.4 Å². The Bertz CT molecular complexity index is 736. The molecule has 24 heavy (non-hydrogen) atoms. The molecule has 0 saturated carbocycles. The molecule has 1 N–H and O–H groups in total. The fourth-order valence-corrected chi connectivity index (χ4v) is 2.55. The lowest BCUT2D eigenvalue weighted by Gasteiger charge is -2.20. The Hall–Kier alpha value is -1.82. The number of thiocarbonyl (C=S) groups is 1. The van der Waals surface area contributed by atoms with Crippen molar-refractivity contribution in [2.24, 2.45) is 0 Å². The number of halogens is 1. The van der Waals surface area contributed by atoms with Crippen LogP contribution in [0, 0.1) is 6.92 Å². The van der Waals surface area contributed by atoms with E-state index in [2.05, 4.69) is 13.0 Å². The highest BCUT2D eigenvalue weighted by Gasteiger charge is 2.15. The number of anilines is 1. The topological polar surface area (TPSA) is 41.9 Å². The zero-order valence-electron chi connectivity index (χ0n) is 13.9. The first-order valence-corrected chi connectivity index (χ1v) is 8.32. The highest BCUT2D eigenvalue weighted by atomic mass is 35.5. The summed E-state index contributed by atoms with van der Waals surface area (Å²) in [5.74, 6) is 0.798. The van der Waals surface area contributed by atoms with Crippen molar-refractivity contribution in [3.05, 3.63) is 58.1 Å². The molecular weight excluding hydrogens is 346 g/mol. The Kier molecular flexibility index (Phi) is 6.43. The number of rotatable bonds is 5. The average Bonchev–Trinajstić information content (AvgIpc) is 2.59. The molecule has 0 heterocycles. The molecule has 0 unspecified atom stereocenters. The summed E-state index contributed by atoms with van der Waals surface area (Å²) in [5, 5.41) is 11.4. The van der Waals surface area contributed by atoms with Crippen molar-refractivity contribution in [2.45, 2.75) is 26.9 Å². The minimum Gasteiger partial charge on any atom is -0.489 e. The van der Waals surface area contributed by atoms with E-state index in [0.717, 1.165) is 28.4 Å². The maximum atomic E-state index is 10.2. The Balaban J connectivity index is 2.22. The van der Waals surface area contributed by atoms with Crippen LogP contribution in [0.1, 0.15) is 23.6 Å². The number of ether oxygens (including phenoxy) is 2. The van der Waals surface area contributed by atoms with Gasteiger partial charge >= 0.3 is 0 Å². The number of hydrogen-bond acceptors (Lipinski definition) is 4. The predicted molar refractivity (Wildman–Crippen MR) is 100 cm³/mol. The molecule has 0 bridgehead atoms. The van der Waals surface area contributed by atoms with Gasteiger partial charge in [-0.15, -0.1) is 0 Å². The van der Waals surface area contributed by atoms with Gasteiger partial charge in [-0.25, -0.2) is 0 Å². The van der Waals surface area contributed by atoms with E-state index in [4.69, 9.17) is 33.3 Å². The van der Waals surface area contributed by atoms with E-state index in [1.165, 1.54) is 12.7 Å². The predicted octanol–water partition coefficient (Wildman–Crippen LogP) is 4.92. The summed E-state index contributed by atoms with van der Waals surface area (Å²) in [6.45, 7) is 4.39. The lowest BCUT2D eigenvalue weighted by Crippen LogP contribution is -2.27. The van der Waals surface area contributed by atoms with Crippen LogP contribution in [0.5, 0.6) is 5.75 Å². The van der Waals surface area contributed by atoms with Crippen LogP contribution in [-0.2, 0) is 17.8 Å². The van der Waals surface area contributed by atoms with E-state index < -0.39 is 0 Å². The van der Waals surface area contributed by atoms with E-state index in [9.17, 15) is 5.21 Å². The van der Waals surface area contributed by atoms with E-state index in [-0.39, 0.29) is 11.8 Å². The molecule has 0 aliphatic rings. The van der Waals surface area contributed by atoms with Gasteiger partial charge in [0.2, 0.25) is 0 Å². The largest absolute Gasteiger partial charge is 0.489 e. The van der Waals surface area contributed by atoms with Crippen molar-refractivity contribution in [3.63, 3.8) is 0 Å². The first kappa shape index (κ1) is 18.5. The zero-order chi connectivity index (χ0) is 17.7. The van der Waals surface area contributed by atoms with Gasteiger partial charge in [0.25, 0.3) is 5.17 Å². The van der Waals surface area contributed by atoms with Crippen LogP contribution in [0.25, 0.3) is 0 Å². The normalized spacial score (nSPS) is 10.4. The van der Waals surface area contributed by atoms with Gasteiger partial charge in [-0.2, -0.15) is 5.06 Å². The van der Waals surface area contributed by atoms with Crippen LogP contribution in [0.4, 0.5) is 5.69 Å². The Morgan fingerprint density at radius 3 is 2.62 bits per heavy atom. The molecular formula is C18H20ClNO3S. The molecule has 4 nitrogen and oxygen atoms in total. The molecule has 0 radical (unpaired) electrons. The van der Waals surface area contributed by atoms with Crippen LogP contribution >= 0.6 is 23.8 Å². The van der Waals surface area contributed by atoms with Crippen molar-refractivity contribution in [3.8, 4) is 5.75 Å². The third-order valence-electron chi connectivity index (χ3n) is 3.65. The molecule has 6 heteroatoms. The van der Waals surface area contributed by atoms with Gasteiger partial charge in [0.15, 0.2) is 0 Å².